The van der Waals surface area contributed by atoms with Gasteiger partial charge in [0.1, 0.15) is 5.56 Å². The van der Waals surface area contributed by atoms with Gasteiger partial charge in [-0.1, -0.05) is 12.1 Å². The van der Waals surface area contributed by atoms with Gasteiger partial charge in [0.15, 0.2) is 5.65 Å². The molecule has 0 spiro atoms. The van der Waals surface area contributed by atoms with Gasteiger partial charge >= 0.3 is 0 Å². The van der Waals surface area contributed by atoms with Crippen LogP contribution < -0.4 is 5.32 Å². The van der Waals surface area contributed by atoms with Gasteiger partial charge in [0, 0.05) is 23.7 Å². The van der Waals surface area contributed by atoms with E-state index in [0.717, 1.165) is 17.0 Å². The van der Waals surface area contributed by atoms with E-state index in [2.05, 4.69) is 15.4 Å². The Kier molecular flexibility index (Phi) is 4.31. The van der Waals surface area contributed by atoms with Crippen molar-refractivity contribution in [3.05, 3.63) is 58.5 Å². The number of hydrogen-bond donors (Lipinski definition) is 2. The number of amides is 1. The van der Waals surface area contributed by atoms with Crippen LogP contribution in [0.3, 0.4) is 0 Å². The fourth-order valence-electron chi connectivity index (χ4n) is 2.77. The number of benzene rings is 1. The van der Waals surface area contributed by atoms with Crippen molar-refractivity contribution >= 4 is 17.2 Å². The first-order valence-electron chi connectivity index (χ1n) is 7.84. The molecule has 1 amide bonds. The third-order valence-corrected chi connectivity index (χ3v) is 3.91. The fraction of sp³-hybridized carbons (Fsp3) is 0.278. The van der Waals surface area contributed by atoms with E-state index < -0.39 is 0 Å². The van der Waals surface area contributed by atoms with Gasteiger partial charge in [0.25, 0.3) is 5.91 Å². The number of anilines is 1. The molecule has 3 aromatic rings. The Morgan fingerprint density at radius 2 is 1.92 bits per heavy atom. The predicted octanol–water partition coefficient (Wildman–Crippen LogP) is 2.44. The zero-order valence-corrected chi connectivity index (χ0v) is 14.0. The first-order chi connectivity index (χ1) is 11.5. The molecule has 0 unspecified atom stereocenters. The summed E-state index contributed by atoms with van der Waals surface area (Å²) >= 11 is 0. The topological polar surface area (TPSA) is 79.5 Å². The molecule has 24 heavy (non-hydrogen) atoms. The van der Waals surface area contributed by atoms with Crippen molar-refractivity contribution in [2.45, 2.75) is 27.2 Å². The number of aryl methyl sites for hydroxylation is 3. The first-order valence-corrected chi connectivity index (χ1v) is 7.84. The number of fused-ring (bicyclic) bond motifs is 1. The molecule has 0 aliphatic heterocycles. The Balaban J connectivity index is 1.92. The molecule has 0 aliphatic carbocycles. The van der Waals surface area contributed by atoms with Crippen LogP contribution in [0.5, 0.6) is 0 Å². The average molecular weight is 324 g/mol. The number of rotatable bonds is 4. The third-order valence-electron chi connectivity index (χ3n) is 3.91. The molecule has 0 fully saturated rings. The number of aliphatic hydroxyl groups excluding tert-OH is 1. The Morgan fingerprint density at radius 3 is 2.58 bits per heavy atom. The summed E-state index contributed by atoms with van der Waals surface area (Å²) in [7, 11) is 0. The van der Waals surface area contributed by atoms with E-state index in [9.17, 15) is 4.79 Å². The number of aliphatic hydroxyl groups is 1. The largest absolute Gasteiger partial charge is 0.396 e. The van der Waals surface area contributed by atoms with Crippen LogP contribution in [0, 0.1) is 20.8 Å². The Labute approximate surface area is 140 Å². The molecule has 0 aliphatic rings. The van der Waals surface area contributed by atoms with Crippen LogP contribution in [-0.2, 0) is 6.42 Å². The summed E-state index contributed by atoms with van der Waals surface area (Å²) in [5.41, 5.74) is 5.21. The zero-order valence-electron chi connectivity index (χ0n) is 14.0. The van der Waals surface area contributed by atoms with Gasteiger partial charge in [-0.3, -0.25) is 4.79 Å². The quantitative estimate of drug-likeness (QED) is 0.772. The lowest BCUT2D eigenvalue weighted by Gasteiger charge is -2.06. The van der Waals surface area contributed by atoms with Crippen molar-refractivity contribution in [2.75, 3.05) is 11.9 Å². The summed E-state index contributed by atoms with van der Waals surface area (Å²) < 4.78 is 1.70. The number of nitrogens with one attached hydrogen (secondary N) is 1. The van der Waals surface area contributed by atoms with Crippen molar-refractivity contribution in [3.63, 3.8) is 0 Å². The summed E-state index contributed by atoms with van der Waals surface area (Å²) in [6, 6.07) is 9.37. The summed E-state index contributed by atoms with van der Waals surface area (Å²) in [4.78, 5) is 17.2. The van der Waals surface area contributed by atoms with Gasteiger partial charge in [0.2, 0.25) is 0 Å². The van der Waals surface area contributed by atoms with Gasteiger partial charge in [-0.2, -0.15) is 5.10 Å². The van der Waals surface area contributed by atoms with Gasteiger partial charge in [0.05, 0.1) is 5.69 Å². The highest BCUT2D eigenvalue weighted by Gasteiger charge is 2.19. The molecule has 124 valence electrons. The van der Waals surface area contributed by atoms with Crippen molar-refractivity contribution in [3.8, 4) is 0 Å². The van der Waals surface area contributed by atoms with Crippen LogP contribution in [0.15, 0.2) is 30.3 Å². The van der Waals surface area contributed by atoms with Crippen LogP contribution in [0.25, 0.3) is 5.65 Å². The highest BCUT2D eigenvalue weighted by atomic mass is 16.3. The molecular weight excluding hydrogens is 304 g/mol. The maximum Gasteiger partial charge on any atom is 0.261 e. The monoisotopic (exact) mass is 324 g/mol. The summed E-state index contributed by atoms with van der Waals surface area (Å²) in [6.45, 7) is 5.76. The zero-order chi connectivity index (χ0) is 17.3. The molecule has 0 radical (unpaired) electrons. The molecule has 0 bridgehead atoms. The van der Waals surface area contributed by atoms with Gasteiger partial charge in [-0.05, 0) is 51.0 Å². The molecule has 2 N–H and O–H groups in total. The summed E-state index contributed by atoms with van der Waals surface area (Å²) in [5.74, 6) is -0.227. The second-order valence-corrected chi connectivity index (χ2v) is 5.86. The molecule has 0 saturated carbocycles. The van der Waals surface area contributed by atoms with Crippen molar-refractivity contribution in [2.24, 2.45) is 0 Å². The third kappa shape index (κ3) is 3.00. The summed E-state index contributed by atoms with van der Waals surface area (Å²) in [6.07, 6.45) is 0.601. The fourth-order valence-corrected chi connectivity index (χ4v) is 2.77. The molecule has 6 heteroatoms. The minimum Gasteiger partial charge on any atom is -0.396 e. The maximum atomic E-state index is 12.7. The predicted molar refractivity (Wildman–Crippen MR) is 92.4 cm³/mol. The van der Waals surface area contributed by atoms with Crippen molar-refractivity contribution in [1.29, 1.82) is 0 Å². The highest BCUT2D eigenvalue weighted by Crippen LogP contribution is 2.18. The van der Waals surface area contributed by atoms with Crippen LogP contribution in [0.2, 0.25) is 0 Å². The van der Waals surface area contributed by atoms with E-state index in [1.54, 1.807) is 4.52 Å². The first kappa shape index (κ1) is 16.1. The standard InChI is InChI=1S/C18H20N4O2/c1-11-10-12(2)22-17(19-11)16(13(3)21-22)18(24)20-15-6-4-14(5-7-15)8-9-23/h4-7,10,23H,8-9H2,1-3H3,(H,20,24). The van der Waals surface area contributed by atoms with E-state index in [-0.39, 0.29) is 12.5 Å². The Hall–Kier alpha value is -2.73. The minimum absolute atomic E-state index is 0.109. The van der Waals surface area contributed by atoms with E-state index in [1.165, 1.54) is 0 Å². The lowest BCUT2D eigenvalue weighted by Crippen LogP contribution is -2.13. The number of hydrogen-bond acceptors (Lipinski definition) is 4. The molecule has 1 aromatic carbocycles. The van der Waals surface area contributed by atoms with Crippen LogP contribution in [0.1, 0.15) is 33.0 Å². The molecule has 2 aromatic heterocycles. The Bertz CT molecular complexity index is 898. The number of nitrogens with zero attached hydrogens (tertiary/aromatic N) is 3. The number of aromatic nitrogens is 3. The second-order valence-electron chi connectivity index (χ2n) is 5.86. The van der Waals surface area contributed by atoms with Crippen molar-refractivity contribution in [1.82, 2.24) is 14.6 Å². The molecular formula is C18H20N4O2. The maximum absolute atomic E-state index is 12.7. The van der Waals surface area contributed by atoms with Crippen LogP contribution in [-0.4, -0.2) is 32.2 Å². The van der Waals surface area contributed by atoms with Crippen LogP contribution >= 0.6 is 0 Å². The lowest BCUT2D eigenvalue weighted by atomic mass is 10.1. The molecule has 3 rings (SSSR count). The van der Waals surface area contributed by atoms with Gasteiger partial charge < -0.3 is 10.4 Å². The van der Waals surface area contributed by atoms with Crippen molar-refractivity contribution < 1.29 is 9.90 Å². The highest BCUT2D eigenvalue weighted by molar-refractivity contribution is 6.09. The van der Waals surface area contributed by atoms with E-state index in [4.69, 9.17) is 5.11 Å². The van der Waals surface area contributed by atoms with E-state index >= 15 is 0 Å². The Morgan fingerprint density at radius 1 is 1.21 bits per heavy atom. The van der Waals surface area contributed by atoms with Gasteiger partial charge in [-0.25, -0.2) is 9.50 Å². The number of carbonyl (C=O) groups excluding carboxylic acids is 1. The molecule has 2 heterocycles. The van der Waals surface area contributed by atoms with Crippen LogP contribution in [0.4, 0.5) is 5.69 Å². The summed E-state index contributed by atoms with van der Waals surface area (Å²) in [5, 5.41) is 16.3. The SMILES string of the molecule is Cc1cc(C)n2nc(C)c(C(=O)Nc3ccc(CCO)cc3)c2n1. The smallest absolute Gasteiger partial charge is 0.261 e. The van der Waals surface area contributed by atoms with E-state index in [0.29, 0.717) is 29.0 Å². The average Bonchev–Trinajstić information content (AvgIpc) is 2.86. The van der Waals surface area contributed by atoms with E-state index in [1.807, 2.05) is 51.1 Å². The second kappa shape index (κ2) is 6.41. The lowest BCUT2D eigenvalue weighted by molar-refractivity contribution is 0.102. The number of carbonyl (C=O) groups is 1. The van der Waals surface area contributed by atoms with Gasteiger partial charge in [-0.15, -0.1) is 0 Å². The molecule has 6 nitrogen and oxygen atoms in total. The molecule has 0 atom stereocenters. The minimum atomic E-state index is -0.227. The molecule has 0 saturated heterocycles. The normalized spacial score (nSPS) is 11.0.